The van der Waals surface area contributed by atoms with Crippen LogP contribution in [0.2, 0.25) is 0 Å². The Labute approximate surface area is 109 Å². The molecule has 4 heteroatoms. The molecule has 0 amide bonds. The third-order valence-corrected chi connectivity index (χ3v) is 3.29. The highest BCUT2D eigenvalue weighted by molar-refractivity contribution is 5.73. The zero-order chi connectivity index (χ0) is 13.4. The molecule has 0 saturated carbocycles. The van der Waals surface area contributed by atoms with Gasteiger partial charge in [-0.15, -0.1) is 0 Å². The number of nitrogens with two attached hydrogens (primary N) is 1. The van der Waals surface area contributed by atoms with E-state index >= 15 is 0 Å². The lowest BCUT2D eigenvalue weighted by Crippen LogP contribution is -2.24. The van der Waals surface area contributed by atoms with Gasteiger partial charge >= 0.3 is 0 Å². The molecule has 1 heterocycles. The molecule has 98 valence electrons. The SMILES string of the molecule is NC[C@H]1Cc2cc(F)cc(-c3ccccc3F)c2O1. The second kappa shape index (κ2) is 4.63. The van der Waals surface area contributed by atoms with Crippen LogP contribution >= 0.6 is 0 Å². The van der Waals surface area contributed by atoms with Crippen LogP contribution in [0.1, 0.15) is 5.56 Å². The van der Waals surface area contributed by atoms with Gasteiger partial charge in [0.2, 0.25) is 0 Å². The van der Waals surface area contributed by atoms with Crippen LogP contribution in [-0.4, -0.2) is 12.6 Å². The Morgan fingerprint density at radius 1 is 1.16 bits per heavy atom. The summed E-state index contributed by atoms with van der Waals surface area (Å²) in [5.74, 6) is -0.240. The average molecular weight is 261 g/mol. The summed E-state index contributed by atoms with van der Waals surface area (Å²) in [7, 11) is 0. The van der Waals surface area contributed by atoms with Crippen LogP contribution < -0.4 is 10.5 Å². The fourth-order valence-corrected chi connectivity index (χ4v) is 2.41. The van der Waals surface area contributed by atoms with E-state index in [4.69, 9.17) is 10.5 Å². The molecular weight excluding hydrogens is 248 g/mol. The fraction of sp³-hybridized carbons (Fsp3) is 0.200. The molecule has 0 spiro atoms. The number of halogens is 2. The van der Waals surface area contributed by atoms with Gasteiger partial charge in [0.25, 0.3) is 0 Å². The summed E-state index contributed by atoms with van der Waals surface area (Å²) >= 11 is 0. The number of hydrogen-bond acceptors (Lipinski definition) is 2. The normalized spacial score (nSPS) is 17.1. The van der Waals surface area contributed by atoms with E-state index in [2.05, 4.69) is 0 Å². The minimum Gasteiger partial charge on any atom is -0.488 e. The molecule has 0 unspecified atom stereocenters. The molecule has 2 nitrogen and oxygen atoms in total. The van der Waals surface area contributed by atoms with Crippen LogP contribution in [0.3, 0.4) is 0 Å². The Balaban J connectivity index is 2.16. The maximum atomic E-state index is 13.9. The van der Waals surface area contributed by atoms with Crippen LogP contribution in [0.5, 0.6) is 5.75 Å². The number of fused-ring (bicyclic) bond motifs is 1. The first-order valence-electron chi connectivity index (χ1n) is 6.13. The van der Waals surface area contributed by atoms with Crippen molar-refractivity contribution >= 4 is 0 Å². The first kappa shape index (κ1) is 12.1. The Morgan fingerprint density at radius 3 is 2.68 bits per heavy atom. The van der Waals surface area contributed by atoms with E-state index in [1.807, 2.05) is 0 Å². The Morgan fingerprint density at radius 2 is 1.95 bits per heavy atom. The second-order valence-electron chi connectivity index (χ2n) is 4.60. The topological polar surface area (TPSA) is 35.2 Å². The molecule has 0 saturated heterocycles. The minimum absolute atomic E-state index is 0.165. The van der Waals surface area contributed by atoms with Gasteiger partial charge in [-0.05, 0) is 18.2 Å². The first-order chi connectivity index (χ1) is 9.19. The summed E-state index contributed by atoms with van der Waals surface area (Å²) < 4.78 is 33.2. The van der Waals surface area contributed by atoms with Gasteiger partial charge in [-0.1, -0.05) is 18.2 Å². The van der Waals surface area contributed by atoms with Crippen molar-refractivity contribution < 1.29 is 13.5 Å². The molecule has 3 rings (SSSR count). The van der Waals surface area contributed by atoms with Crippen LogP contribution in [0, 0.1) is 11.6 Å². The predicted octanol–water partition coefficient (Wildman–Crippen LogP) is 2.89. The average Bonchev–Trinajstić information content (AvgIpc) is 2.81. The fourth-order valence-electron chi connectivity index (χ4n) is 2.41. The van der Waals surface area contributed by atoms with E-state index in [1.165, 1.54) is 18.2 Å². The van der Waals surface area contributed by atoms with Crippen LogP contribution in [0.25, 0.3) is 11.1 Å². The maximum Gasteiger partial charge on any atom is 0.131 e. The van der Waals surface area contributed by atoms with Crippen LogP contribution in [-0.2, 0) is 6.42 Å². The molecule has 1 aliphatic heterocycles. The van der Waals surface area contributed by atoms with Gasteiger partial charge in [0.05, 0.1) is 0 Å². The molecule has 0 aliphatic carbocycles. The Kier molecular flexibility index (Phi) is 2.95. The summed E-state index contributed by atoms with van der Waals surface area (Å²) in [5.41, 5.74) is 7.11. The summed E-state index contributed by atoms with van der Waals surface area (Å²) in [6.07, 6.45) is 0.396. The van der Waals surface area contributed by atoms with Gasteiger partial charge in [0, 0.05) is 29.7 Å². The van der Waals surface area contributed by atoms with Crippen LogP contribution in [0.4, 0.5) is 8.78 Å². The van der Waals surface area contributed by atoms with E-state index in [9.17, 15) is 8.78 Å². The van der Waals surface area contributed by atoms with Crippen molar-refractivity contribution in [3.63, 3.8) is 0 Å². The lowest BCUT2D eigenvalue weighted by Gasteiger charge is -2.11. The Bertz CT molecular complexity index is 628. The van der Waals surface area contributed by atoms with E-state index in [1.54, 1.807) is 18.2 Å². The van der Waals surface area contributed by atoms with Crippen molar-refractivity contribution in [2.24, 2.45) is 5.73 Å². The van der Waals surface area contributed by atoms with Crippen molar-refractivity contribution in [1.29, 1.82) is 0 Å². The van der Waals surface area contributed by atoms with Crippen molar-refractivity contribution in [3.05, 3.63) is 53.6 Å². The van der Waals surface area contributed by atoms with Crippen molar-refractivity contribution in [1.82, 2.24) is 0 Å². The molecule has 2 aromatic rings. The molecule has 1 atom stereocenters. The van der Waals surface area contributed by atoms with Crippen molar-refractivity contribution in [2.45, 2.75) is 12.5 Å². The lowest BCUT2D eigenvalue weighted by molar-refractivity contribution is 0.242. The number of hydrogen-bond donors (Lipinski definition) is 1. The zero-order valence-corrected chi connectivity index (χ0v) is 10.2. The summed E-state index contributed by atoms with van der Waals surface area (Å²) in [5, 5.41) is 0. The largest absolute Gasteiger partial charge is 0.488 e. The van der Waals surface area contributed by atoms with Gasteiger partial charge in [-0.3, -0.25) is 0 Å². The Hall–Kier alpha value is -1.94. The quantitative estimate of drug-likeness (QED) is 0.902. The van der Waals surface area contributed by atoms with Crippen molar-refractivity contribution in [3.8, 4) is 16.9 Å². The molecule has 0 aromatic heterocycles. The van der Waals surface area contributed by atoms with E-state index in [0.29, 0.717) is 29.8 Å². The van der Waals surface area contributed by atoms with Gasteiger partial charge in [-0.2, -0.15) is 0 Å². The van der Waals surface area contributed by atoms with Gasteiger partial charge in [0.1, 0.15) is 23.5 Å². The molecule has 1 aliphatic rings. The standard InChI is InChI=1S/C15H13F2NO/c16-10-5-9-6-11(8-18)19-15(9)13(7-10)12-3-1-2-4-14(12)17/h1-5,7,11H,6,8,18H2/t11-/m1/s1. The highest BCUT2D eigenvalue weighted by Crippen LogP contribution is 2.40. The van der Waals surface area contributed by atoms with E-state index in [0.717, 1.165) is 5.56 Å². The van der Waals surface area contributed by atoms with E-state index in [-0.39, 0.29) is 6.10 Å². The smallest absolute Gasteiger partial charge is 0.131 e. The maximum absolute atomic E-state index is 13.9. The molecule has 2 N–H and O–H groups in total. The summed E-state index contributed by atoms with van der Waals surface area (Å²) in [6.45, 7) is 0.354. The molecular formula is C15H13F2NO. The van der Waals surface area contributed by atoms with Gasteiger partial charge in [0.15, 0.2) is 0 Å². The number of ether oxygens (including phenoxy) is 1. The molecule has 0 radical (unpaired) electrons. The summed E-state index contributed by atoms with van der Waals surface area (Å²) in [4.78, 5) is 0. The van der Waals surface area contributed by atoms with Crippen LogP contribution in [0.15, 0.2) is 36.4 Å². The monoisotopic (exact) mass is 261 g/mol. The number of rotatable bonds is 2. The summed E-state index contributed by atoms with van der Waals surface area (Å²) in [6, 6.07) is 9.00. The highest BCUT2D eigenvalue weighted by atomic mass is 19.1. The molecule has 0 bridgehead atoms. The van der Waals surface area contributed by atoms with Gasteiger partial charge in [-0.25, -0.2) is 8.78 Å². The molecule has 19 heavy (non-hydrogen) atoms. The zero-order valence-electron chi connectivity index (χ0n) is 10.2. The molecule has 2 aromatic carbocycles. The highest BCUT2D eigenvalue weighted by Gasteiger charge is 2.26. The van der Waals surface area contributed by atoms with Crippen molar-refractivity contribution in [2.75, 3.05) is 6.54 Å². The van der Waals surface area contributed by atoms with E-state index < -0.39 is 11.6 Å². The van der Waals surface area contributed by atoms with Gasteiger partial charge < -0.3 is 10.5 Å². The number of benzene rings is 2. The third kappa shape index (κ3) is 2.08. The minimum atomic E-state index is -0.393. The lowest BCUT2D eigenvalue weighted by atomic mass is 10.00. The second-order valence-corrected chi connectivity index (χ2v) is 4.60. The molecule has 0 fully saturated rings. The first-order valence-corrected chi connectivity index (χ1v) is 6.13. The third-order valence-electron chi connectivity index (χ3n) is 3.29. The predicted molar refractivity (Wildman–Crippen MR) is 69.0 cm³/mol.